The standard InChI is InChI=1S/C16H24N6O6S/c23-15(14-3-2-13-9-21(14)16(24)22(13)28-29(25)26)19-27-10-12-6-11(7-17-12)8-20-5-1-4-18-20/h1,4-5,11-14,17H,2-3,6-10H2,(H,19,23)(H,25,26)/t11-,12-,13?,14?/m1/s1. The Kier molecular flexibility index (Phi) is 6.10. The van der Waals surface area contributed by atoms with Crippen molar-refractivity contribution in [1.82, 2.24) is 30.5 Å². The summed E-state index contributed by atoms with van der Waals surface area (Å²) in [4.78, 5) is 31.5. The van der Waals surface area contributed by atoms with E-state index in [1.54, 1.807) is 6.20 Å². The maximum Gasteiger partial charge on any atom is 0.346 e. The van der Waals surface area contributed by atoms with Crippen molar-refractivity contribution in [2.75, 3.05) is 19.7 Å². The Balaban J connectivity index is 1.20. The Hall–Kier alpha value is -2.06. The molecule has 5 atom stereocenters. The van der Waals surface area contributed by atoms with Crippen LogP contribution in [-0.4, -0.2) is 78.3 Å². The van der Waals surface area contributed by atoms with E-state index in [1.807, 2.05) is 16.9 Å². The number of hydroxylamine groups is 3. The van der Waals surface area contributed by atoms with E-state index in [9.17, 15) is 13.8 Å². The fourth-order valence-corrected chi connectivity index (χ4v) is 4.52. The van der Waals surface area contributed by atoms with Crippen LogP contribution >= 0.6 is 0 Å². The predicted octanol–water partition coefficient (Wildman–Crippen LogP) is -0.754. The number of aromatic nitrogens is 2. The van der Waals surface area contributed by atoms with Gasteiger partial charge in [-0.25, -0.2) is 10.3 Å². The molecule has 3 saturated heterocycles. The van der Waals surface area contributed by atoms with Crippen LogP contribution < -0.4 is 10.8 Å². The Morgan fingerprint density at radius 2 is 2.31 bits per heavy atom. The summed E-state index contributed by atoms with van der Waals surface area (Å²) in [6.45, 7) is 2.29. The molecular formula is C16H24N6O6S. The minimum Gasteiger partial charge on any atom is -0.311 e. The van der Waals surface area contributed by atoms with E-state index in [1.165, 1.54) is 4.90 Å². The summed E-state index contributed by atoms with van der Waals surface area (Å²) in [5, 5.41) is 8.47. The quantitative estimate of drug-likeness (QED) is 0.363. The zero-order valence-corrected chi connectivity index (χ0v) is 16.5. The average Bonchev–Trinajstić information content (AvgIpc) is 3.41. The highest BCUT2D eigenvalue weighted by Gasteiger charge is 2.48. The third-order valence-corrected chi connectivity index (χ3v) is 5.83. The molecule has 3 aliphatic rings. The molecule has 29 heavy (non-hydrogen) atoms. The van der Waals surface area contributed by atoms with Gasteiger partial charge in [-0.2, -0.15) is 14.4 Å². The molecule has 4 heterocycles. The van der Waals surface area contributed by atoms with Gasteiger partial charge in [0.25, 0.3) is 5.91 Å². The summed E-state index contributed by atoms with van der Waals surface area (Å²) in [7, 11) is 0. The zero-order valence-electron chi connectivity index (χ0n) is 15.7. The van der Waals surface area contributed by atoms with E-state index in [4.69, 9.17) is 9.39 Å². The van der Waals surface area contributed by atoms with Crippen molar-refractivity contribution < 1.29 is 27.5 Å². The lowest BCUT2D eigenvalue weighted by Crippen LogP contribution is -2.50. The van der Waals surface area contributed by atoms with Gasteiger partial charge in [0.2, 0.25) is 0 Å². The number of rotatable bonds is 8. The van der Waals surface area contributed by atoms with Crippen LogP contribution in [-0.2, 0) is 31.8 Å². The number of carbonyl (C=O) groups is 2. The Morgan fingerprint density at radius 3 is 3.07 bits per heavy atom. The van der Waals surface area contributed by atoms with Crippen LogP contribution in [0.5, 0.6) is 0 Å². The predicted molar refractivity (Wildman–Crippen MR) is 98.8 cm³/mol. The fourth-order valence-electron chi connectivity index (χ4n) is 4.19. The van der Waals surface area contributed by atoms with Crippen LogP contribution in [0.15, 0.2) is 18.5 Å². The topological polar surface area (TPSA) is 138 Å². The molecule has 0 saturated carbocycles. The maximum atomic E-state index is 12.5. The molecular weight excluding hydrogens is 404 g/mol. The molecule has 3 fully saturated rings. The number of nitrogens with zero attached hydrogens (tertiary/aromatic N) is 4. The normalized spacial score (nSPS) is 30.0. The lowest BCUT2D eigenvalue weighted by molar-refractivity contribution is -0.139. The number of amides is 3. The summed E-state index contributed by atoms with van der Waals surface area (Å²) in [6.07, 6.45) is 5.53. The van der Waals surface area contributed by atoms with Crippen molar-refractivity contribution >= 4 is 23.3 Å². The van der Waals surface area contributed by atoms with E-state index in [2.05, 4.69) is 20.2 Å². The molecule has 1 aromatic rings. The average molecular weight is 428 g/mol. The number of fused-ring (bicyclic) bond motifs is 2. The van der Waals surface area contributed by atoms with Crippen molar-refractivity contribution in [3.05, 3.63) is 18.5 Å². The van der Waals surface area contributed by atoms with Gasteiger partial charge in [0.05, 0.1) is 12.6 Å². The van der Waals surface area contributed by atoms with Gasteiger partial charge in [-0.05, 0) is 31.2 Å². The van der Waals surface area contributed by atoms with E-state index in [0.717, 1.165) is 24.6 Å². The molecule has 3 amide bonds. The second-order valence-electron chi connectivity index (χ2n) is 7.51. The van der Waals surface area contributed by atoms with Gasteiger partial charge in [0.1, 0.15) is 6.04 Å². The maximum absolute atomic E-state index is 12.5. The molecule has 1 aromatic heterocycles. The van der Waals surface area contributed by atoms with Crippen molar-refractivity contribution in [2.45, 2.75) is 43.9 Å². The van der Waals surface area contributed by atoms with Gasteiger partial charge >= 0.3 is 17.4 Å². The van der Waals surface area contributed by atoms with Crippen LogP contribution in [0.3, 0.4) is 0 Å². The summed E-state index contributed by atoms with van der Waals surface area (Å²) in [5.41, 5.74) is 2.44. The molecule has 0 aromatic carbocycles. The molecule has 2 bridgehead atoms. The fraction of sp³-hybridized carbons (Fsp3) is 0.688. The van der Waals surface area contributed by atoms with Crippen molar-refractivity contribution in [3.8, 4) is 0 Å². The minimum absolute atomic E-state index is 0.128. The highest BCUT2D eigenvalue weighted by atomic mass is 32.2. The summed E-state index contributed by atoms with van der Waals surface area (Å²) < 4.78 is 26.3. The molecule has 3 N–H and O–H groups in total. The minimum atomic E-state index is -2.59. The lowest BCUT2D eigenvalue weighted by atomic mass is 10.0. The molecule has 12 nitrogen and oxygen atoms in total. The van der Waals surface area contributed by atoms with E-state index >= 15 is 0 Å². The molecule has 13 heteroatoms. The number of hydrogen-bond donors (Lipinski definition) is 3. The van der Waals surface area contributed by atoms with Crippen LogP contribution in [0.2, 0.25) is 0 Å². The molecule has 0 aliphatic carbocycles. The van der Waals surface area contributed by atoms with Crippen LogP contribution in [0.1, 0.15) is 19.3 Å². The highest BCUT2D eigenvalue weighted by Crippen LogP contribution is 2.30. The molecule has 160 valence electrons. The first-order valence-corrected chi connectivity index (χ1v) is 10.6. The number of piperidine rings is 1. The Bertz CT molecular complexity index is 763. The monoisotopic (exact) mass is 428 g/mol. The van der Waals surface area contributed by atoms with Gasteiger partial charge in [-0.15, -0.1) is 4.28 Å². The van der Waals surface area contributed by atoms with Crippen molar-refractivity contribution in [3.63, 3.8) is 0 Å². The van der Waals surface area contributed by atoms with Gasteiger partial charge < -0.3 is 10.2 Å². The summed E-state index contributed by atoms with van der Waals surface area (Å²) in [5.74, 6) is 0.0367. The third-order valence-electron chi connectivity index (χ3n) is 5.54. The number of nitrogens with one attached hydrogen (secondary N) is 2. The molecule has 0 radical (unpaired) electrons. The second-order valence-corrected chi connectivity index (χ2v) is 8.09. The zero-order chi connectivity index (χ0) is 20.4. The van der Waals surface area contributed by atoms with Gasteiger partial charge in [0.15, 0.2) is 0 Å². The first kappa shape index (κ1) is 20.2. The second kappa shape index (κ2) is 8.75. The SMILES string of the molecule is O=C(NOC[C@H]1C[C@@H](Cn2cccn2)CN1)C1CCC2CN1C(=O)N2OS(=O)O. The lowest BCUT2D eigenvalue weighted by Gasteiger charge is -2.29. The van der Waals surface area contributed by atoms with Crippen LogP contribution in [0, 0.1) is 5.92 Å². The summed E-state index contributed by atoms with van der Waals surface area (Å²) in [6, 6.07) is 0.407. The molecule has 3 aliphatic heterocycles. The molecule has 3 unspecified atom stereocenters. The van der Waals surface area contributed by atoms with Gasteiger partial charge in [-0.1, -0.05) is 0 Å². The third kappa shape index (κ3) is 4.59. The first-order chi connectivity index (χ1) is 14.0. The van der Waals surface area contributed by atoms with E-state index < -0.39 is 29.3 Å². The van der Waals surface area contributed by atoms with Crippen LogP contribution in [0.4, 0.5) is 4.79 Å². The first-order valence-electron chi connectivity index (χ1n) is 9.53. The number of carbonyl (C=O) groups excluding carboxylic acids is 2. The van der Waals surface area contributed by atoms with E-state index in [-0.39, 0.29) is 18.6 Å². The van der Waals surface area contributed by atoms with Crippen molar-refractivity contribution in [2.24, 2.45) is 5.92 Å². The largest absolute Gasteiger partial charge is 0.346 e. The van der Waals surface area contributed by atoms with Crippen LogP contribution in [0.25, 0.3) is 0 Å². The van der Waals surface area contributed by atoms with E-state index in [0.29, 0.717) is 25.4 Å². The number of urea groups is 1. The van der Waals surface area contributed by atoms with Crippen molar-refractivity contribution in [1.29, 1.82) is 0 Å². The van der Waals surface area contributed by atoms with Gasteiger partial charge in [-0.3, -0.25) is 18.9 Å². The summed E-state index contributed by atoms with van der Waals surface area (Å²) >= 11 is -2.59. The Labute approximate surface area is 169 Å². The Morgan fingerprint density at radius 1 is 1.45 bits per heavy atom. The van der Waals surface area contributed by atoms with Gasteiger partial charge in [0, 0.05) is 38.1 Å². The molecule has 4 rings (SSSR count). The smallest absolute Gasteiger partial charge is 0.311 e. The number of hydrogen-bond acceptors (Lipinski definition) is 7. The molecule has 0 spiro atoms. The highest BCUT2D eigenvalue weighted by molar-refractivity contribution is 7.74.